The van der Waals surface area contributed by atoms with Crippen molar-refractivity contribution in [2.75, 3.05) is 6.61 Å². The van der Waals surface area contributed by atoms with Gasteiger partial charge in [0.15, 0.2) is 0 Å². The van der Waals surface area contributed by atoms with Gasteiger partial charge in [0.05, 0.1) is 25.5 Å². The Kier molecular flexibility index (Phi) is 5.83. The van der Waals surface area contributed by atoms with Gasteiger partial charge in [-0.15, -0.1) is 0 Å². The van der Waals surface area contributed by atoms with Crippen LogP contribution in [0.5, 0.6) is 0 Å². The second-order valence-electron chi connectivity index (χ2n) is 7.99. The van der Waals surface area contributed by atoms with E-state index < -0.39 is 35.5 Å². The number of nitrogens with one attached hydrogen (secondary N) is 1. The summed E-state index contributed by atoms with van der Waals surface area (Å²) in [6, 6.07) is 8.09. The summed E-state index contributed by atoms with van der Waals surface area (Å²) < 4.78 is 26.0. The molecule has 28 heavy (non-hydrogen) atoms. The van der Waals surface area contributed by atoms with Gasteiger partial charge in [-0.3, -0.25) is 14.3 Å². The van der Waals surface area contributed by atoms with Gasteiger partial charge in [0.25, 0.3) is 5.56 Å². The van der Waals surface area contributed by atoms with Gasteiger partial charge < -0.3 is 14.6 Å². The van der Waals surface area contributed by atoms with Gasteiger partial charge >= 0.3 is 5.69 Å². The predicted molar refractivity (Wildman–Crippen MR) is 101 cm³/mol. The number of H-pyrrole nitrogens is 1. The third kappa shape index (κ3) is 4.40. The van der Waals surface area contributed by atoms with Crippen LogP contribution in [0, 0.1) is 5.82 Å². The Morgan fingerprint density at radius 2 is 1.96 bits per heavy atom. The first kappa shape index (κ1) is 20.4. The summed E-state index contributed by atoms with van der Waals surface area (Å²) in [5, 5.41) is 9.57. The van der Waals surface area contributed by atoms with Gasteiger partial charge in [0.2, 0.25) is 5.82 Å². The summed E-state index contributed by atoms with van der Waals surface area (Å²) in [6.45, 7) is 6.44. The van der Waals surface area contributed by atoms with Crippen LogP contribution in [0.15, 0.2) is 40.1 Å². The van der Waals surface area contributed by atoms with E-state index >= 15 is 0 Å². The smallest absolute Gasteiger partial charge is 0.330 e. The summed E-state index contributed by atoms with van der Waals surface area (Å²) in [7, 11) is 0. The summed E-state index contributed by atoms with van der Waals surface area (Å²) in [6.07, 6.45) is -0.894. The van der Waals surface area contributed by atoms with E-state index in [2.05, 4.69) is 32.9 Å². The lowest BCUT2D eigenvalue weighted by molar-refractivity contribution is -0.0659. The Morgan fingerprint density at radius 3 is 2.57 bits per heavy atom. The Balaban J connectivity index is 1.68. The maximum absolute atomic E-state index is 13.5. The number of hydrogen-bond donors (Lipinski definition) is 2. The van der Waals surface area contributed by atoms with Gasteiger partial charge in [0, 0.05) is 6.42 Å². The number of halogens is 1. The number of aliphatic hydroxyl groups is 1. The van der Waals surface area contributed by atoms with Gasteiger partial charge in [-0.05, 0) is 16.5 Å². The van der Waals surface area contributed by atoms with E-state index in [-0.39, 0.29) is 18.4 Å². The molecule has 1 aliphatic rings. The molecular weight excluding hydrogens is 367 g/mol. The summed E-state index contributed by atoms with van der Waals surface area (Å²) in [5.41, 5.74) is 0.400. The van der Waals surface area contributed by atoms with Crippen molar-refractivity contribution < 1.29 is 19.0 Å². The lowest BCUT2D eigenvalue weighted by Crippen LogP contribution is -2.34. The third-order valence-electron chi connectivity index (χ3n) is 4.88. The van der Waals surface area contributed by atoms with E-state index in [4.69, 9.17) is 9.47 Å². The van der Waals surface area contributed by atoms with E-state index in [1.807, 2.05) is 17.1 Å². The van der Waals surface area contributed by atoms with E-state index in [9.17, 15) is 19.1 Å². The Labute approximate surface area is 161 Å². The molecule has 3 atom stereocenters. The van der Waals surface area contributed by atoms with E-state index in [1.165, 1.54) is 5.56 Å². The van der Waals surface area contributed by atoms with Gasteiger partial charge in [-0.1, -0.05) is 45.0 Å². The van der Waals surface area contributed by atoms with Crippen LogP contribution in [0.3, 0.4) is 0 Å². The molecule has 0 radical (unpaired) electrons. The van der Waals surface area contributed by atoms with E-state index in [0.29, 0.717) is 6.61 Å². The first-order valence-corrected chi connectivity index (χ1v) is 9.17. The lowest BCUT2D eigenvalue weighted by atomic mass is 9.87. The first-order chi connectivity index (χ1) is 13.2. The molecule has 2 N–H and O–H groups in total. The fraction of sp³-hybridized carbons (Fsp3) is 0.500. The lowest BCUT2D eigenvalue weighted by Gasteiger charge is -2.20. The average Bonchev–Trinajstić information content (AvgIpc) is 3.05. The minimum atomic E-state index is -1.08. The molecule has 1 aliphatic heterocycles. The average molecular weight is 392 g/mol. The Hall–Kier alpha value is -2.29. The molecule has 2 aromatic rings. The Bertz CT molecular complexity index is 929. The minimum absolute atomic E-state index is 0.0626. The van der Waals surface area contributed by atoms with Crippen molar-refractivity contribution in [2.45, 2.75) is 57.6 Å². The quantitative estimate of drug-likeness (QED) is 0.810. The second kappa shape index (κ2) is 7.98. The SMILES string of the molecule is CC(C)(C)c1ccc(COC2C[C@@H](n3cc(F)c(=O)[nH]c3=O)O[C@H]2CO)cc1. The molecule has 8 heteroatoms. The molecule has 7 nitrogen and oxygen atoms in total. The largest absolute Gasteiger partial charge is 0.394 e. The fourth-order valence-electron chi connectivity index (χ4n) is 3.19. The van der Waals surface area contributed by atoms with Crippen molar-refractivity contribution in [1.29, 1.82) is 0 Å². The number of rotatable bonds is 5. The zero-order valence-electron chi connectivity index (χ0n) is 16.1. The van der Waals surface area contributed by atoms with Gasteiger partial charge in [-0.2, -0.15) is 4.39 Å². The van der Waals surface area contributed by atoms with E-state index in [1.54, 1.807) is 0 Å². The second-order valence-corrected chi connectivity index (χ2v) is 7.99. The van der Waals surface area contributed by atoms with Crippen molar-refractivity contribution in [2.24, 2.45) is 0 Å². The van der Waals surface area contributed by atoms with Crippen LogP contribution in [-0.2, 0) is 21.5 Å². The van der Waals surface area contributed by atoms with Crippen molar-refractivity contribution in [3.8, 4) is 0 Å². The summed E-state index contributed by atoms with van der Waals surface area (Å²) in [4.78, 5) is 25.0. The molecule has 0 saturated carbocycles. The predicted octanol–water partition coefficient (Wildman–Crippen LogP) is 1.84. The number of ether oxygens (including phenoxy) is 2. The molecule has 1 fully saturated rings. The minimum Gasteiger partial charge on any atom is -0.394 e. The number of benzene rings is 1. The number of hydrogen-bond acceptors (Lipinski definition) is 5. The van der Waals surface area contributed by atoms with Crippen molar-refractivity contribution in [3.63, 3.8) is 0 Å². The van der Waals surface area contributed by atoms with Crippen LogP contribution in [0.4, 0.5) is 4.39 Å². The molecular formula is C20H25FN2O5. The highest BCUT2D eigenvalue weighted by Crippen LogP contribution is 2.30. The number of nitrogens with zero attached hydrogens (tertiary/aromatic N) is 1. The Morgan fingerprint density at radius 1 is 1.29 bits per heavy atom. The normalized spacial score (nSPS) is 22.5. The molecule has 1 saturated heterocycles. The van der Waals surface area contributed by atoms with Crippen LogP contribution in [0.2, 0.25) is 0 Å². The summed E-state index contributed by atoms with van der Waals surface area (Å²) >= 11 is 0. The van der Waals surface area contributed by atoms with Crippen molar-refractivity contribution >= 4 is 0 Å². The first-order valence-electron chi connectivity index (χ1n) is 9.17. The molecule has 3 rings (SSSR count). The topological polar surface area (TPSA) is 93.6 Å². The molecule has 0 aliphatic carbocycles. The van der Waals surface area contributed by atoms with Crippen LogP contribution in [0.1, 0.15) is 44.5 Å². The molecule has 0 spiro atoms. The molecule has 0 amide bonds. The van der Waals surface area contributed by atoms with Crippen LogP contribution >= 0.6 is 0 Å². The molecule has 1 aromatic carbocycles. The number of aromatic nitrogens is 2. The maximum atomic E-state index is 13.5. The standard InChI is InChI=1S/C20H25FN2O5/c1-20(2,3)13-6-4-12(5-7-13)11-27-15-8-17(28-16(15)10-24)23-9-14(21)18(25)22-19(23)26/h4-7,9,15-17,24H,8,10-11H2,1-3H3,(H,22,25,26)/t15?,16-,17-/m0/s1. The van der Waals surface area contributed by atoms with Crippen LogP contribution in [0.25, 0.3) is 0 Å². The zero-order chi connectivity index (χ0) is 20.5. The highest BCUT2D eigenvalue weighted by atomic mass is 19.1. The molecule has 152 valence electrons. The van der Waals surface area contributed by atoms with Crippen LogP contribution < -0.4 is 11.2 Å². The highest BCUT2D eigenvalue weighted by molar-refractivity contribution is 5.27. The molecule has 1 aromatic heterocycles. The monoisotopic (exact) mass is 392 g/mol. The molecule has 1 unspecified atom stereocenters. The number of aliphatic hydroxyl groups excluding tert-OH is 1. The fourth-order valence-corrected chi connectivity index (χ4v) is 3.19. The van der Waals surface area contributed by atoms with E-state index in [0.717, 1.165) is 16.3 Å². The van der Waals surface area contributed by atoms with Crippen molar-refractivity contribution in [1.82, 2.24) is 9.55 Å². The molecule has 0 bridgehead atoms. The van der Waals surface area contributed by atoms with Gasteiger partial charge in [-0.25, -0.2) is 4.79 Å². The van der Waals surface area contributed by atoms with Crippen LogP contribution in [-0.4, -0.2) is 33.5 Å². The third-order valence-corrected chi connectivity index (χ3v) is 4.88. The highest BCUT2D eigenvalue weighted by Gasteiger charge is 2.37. The summed E-state index contributed by atoms with van der Waals surface area (Å²) in [5.74, 6) is -1.08. The molecule has 2 heterocycles. The zero-order valence-corrected chi connectivity index (χ0v) is 16.1. The number of aromatic amines is 1. The maximum Gasteiger partial charge on any atom is 0.330 e. The van der Waals surface area contributed by atoms with Crippen molar-refractivity contribution in [3.05, 3.63) is 68.2 Å². The van der Waals surface area contributed by atoms with Gasteiger partial charge in [0.1, 0.15) is 12.3 Å².